The maximum Gasteiger partial charge on any atom is 0.255 e. The summed E-state index contributed by atoms with van der Waals surface area (Å²) in [5, 5.41) is 52.7. The molecule has 1 saturated carbocycles. The van der Waals surface area contributed by atoms with Crippen molar-refractivity contribution in [3.63, 3.8) is 0 Å². The summed E-state index contributed by atoms with van der Waals surface area (Å²) >= 11 is 0. The van der Waals surface area contributed by atoms with Crippen LogP contribution in [-0.4, -0.2) is 68.7 Å². The SMILES string of the molecule is C=C1/C(=C(/O)C2=C(C)OCO2)C(=O)N[C@H]2[C@H](O)[C@H](O)[C@@H](O)[C@H](O)[C@H]12. The fraction of sp³-hybridized carbons (Fsp3) is 0.533. The van der Waals surface area contributed by atoms with Gasteiger partial charge in [0, 0.05) is 5.92 Å². The van der Waals surface area contributed by atoms with Gasteiger partial charge in [-0.25, -0.2) is 0 Å². The number of nitrogens with one attached hydrogen (secondary N) is 1. The molecule has 2 heterocycles. The van der Waals surface area contributed by atoms with Gasteiger partial charge >= 0.3 is 0 Å². The third-order valence-corrected chi connectivity index (χ3v) is 4.67. The van der Waals surface area contributed by atoms with E-state index in [1.807, 2.05) is 0 Å². The number of allylic oxidation sites excluding steroid dienone is 1. The van der Waals surface area contributed by atoms with Gasteiger partial charge in [-0.3, -0.25) is 4.79 Å². The summed E-state index contributed by atoms with van der Waals surface area (Å²) < 4.78 is 10.2. The van der Waals surface area contributed by atoms with Crippen molar-refractivity contribution in [3.05, 3.63) is 35.0 Å². The molecule has 132 valence electrons. The van der Waals surface area contributed by atoms with Crippen LogP contribution in [0.1, 0.15) is 6.92 Å². The fourth-order valence-corrected chi connectivity index (χ4v) is 3.34. The van der Waals surface area contributed by atoms with Crippen LogP contribution in [0, 0.1) is 5.92 Å². The second-order valence-electron chi connectivity index (χ2n) is 6.03. The average Bonchev–Trinajstić information content (AvgIpc) is 2.96. The molecule has 6 atom stereocenters. The van der Waals surface area contributed by atoms with Gasteiger partial charge in [0.25, 0.3) is 5.91 Å². The Morgan fingerprint density at radius 2 is 1.75 bits per heavy atom. The average molecular weight is 341 g/mol. The molecule has 0 spiro atoms. The Kier molecular flexibility index (Phi) is 4.04. The number of amides is 1. The quantitative estimate of drug-likeness (QED) is 0.241. The van der Waals surface area contributed by atoms with Gasteiger partial charge in [-0.1, -0.05) is 6.58 Å². The zero-order chi connectivity index (χ0) is 17.8. The molecule has 0 aromatic carbocycles. The third-order valence-electron chi connectivity index (χ3n) is 4.67. The number of ether oxygens (including phenoxy) is 2. The van der Waals surface area contributed by atoms with E-state index >= 15 is 0 Å². The number of hydrogen-bond donors (Lipinski definition) is 6. The highest BCUT2D eigenvalue weighted by molar-refractivity contribution is 6.00. The molecule has 0 aromatic rings. The Hall–Kier alpha value is -2.07. The van der Waals surface area contributed by atoms with Crippen LogP contribution in [0.4, 0.5) is 0 Å². The number of aliphatic hydroxyl groups excluding tert-OH is 5. The summed E-state index contributed by atoms with van der Waals surface area (Å²) in [5.41, 5.74) is -0.208. The van der Waals surface area contributed by atoms with Crippen molar-refractivity contribution in [2.75, 3.05) is 6.79 Å². The van der Waals surface area contributed by atoms with Crippen molar-refractivity contribution in [3.8, 4) is 0 Å². The number of carbonyl (C=O) groups excluding carboxylic acids is 1. The topological polar surface area (TPSA) is 149 Å². The van der Waals surface area contributed by atoms with Gasteiger partial charge in [-0.2, -0.15) is 0 Å². The predicted molar refractivity (Wildman–Crippen MR) is 78.0 cm³/mol. The highest BCUT2D eigenvalue weighted by Gasteiger charge is 2.54. The van der Waals surface area contributed by atoms with Crippen molar-refractivity contribution in [1.29, 1.82) is 0 Å². The van der Waals surface area contributed by atoms with Crippen LogP contribution in [0.5, 0.6) is 0 Å². The largest absolute Gasteiger partial charge is 0.504 e. The van der Waals surface area contributed by atoms with Crippen molar-refractivity contribution < 1.29 is 39.8 Å². The Bertz CT molecular complexity index is 654. The minimum atomic E-state index is -1.62. The summed E-state index contributed by atoms with van der Waals surface area (Å²) in [6, 6.07) is -1.05. The molecule has 0 aromatic heterocycles. The first kappa shape index (κ1) is 16.8. The van der Waals surface area contributed by atoms with Crippen LogP contribution in [0.2, 0.25) is 0 Å². The molecule has 24 heavy (non-hydrogen) atoms. The second kappa shape index (κ2) is 5.78. The number of rotatable bonds is 1. The molecule has 2 aliphatic heterocycles. The molecule has 9 heteroatoms. The minimum absolute atomic E-state index is 0.0221. The van der Waals surface area contributed by atoms with E-state index in [1.165, 1.54) is 0 Å². The summed E-state index contributed by atoms with van der Waals surface area (Å²) in [6.07, 6.45) is -6.22. The first-order valence-corrected chi connectivity index (χ1v) is 7.38. The Morgan fingerprint density at radius 3 is 2.33 bits per heavy atom. The molecule has 0 unspecified atom stereocenters. The van der Waals surface area contributed by atoms with Gasteiger partial charge in [-0.15, -0.1) is 0 Å². The van der Waals surface area contributed by atoms with Gasteiger partial charge in [0.1, 0.15) is 24.1 Å². The third kappa shape index (κ3) is 2.28. The first-order valence-electron chi connectivity index (χ1n) is 7.38. The van der Waals surface area contributed by atoms with Crippen LogP contribution in [-0.2, 0) is 14.3 Å². The highest BCUT2D eigenvalue weighted by atomic mass is 16.7. The van der Waals surface area contributed by atoms with E-state index in [4.69, 9.17) is 9.47 Å². The monoisotopic (exact) mass is 341 g/mol. The molecular weight excluding hydrogens is 322 g/mol. The number of aliphatic hydroxyl groups is 5. The normalized spacial score (nSPS) is 41.4. The van der Waals surface area contributed by atoms with Gasteiger partial charge in [0.05, 0.1) is 17.7 Å². The van der Waals surface area contributed by atoms with Crippen LogP contribution >= 0.6 is 0 Å². The maximum atomic E-state index is 12.4. The van der Waals surface area contributed by atoms with Crippen molar-refractivity contribution >= 4 is 5.91 Å². The second-order valence-corrected chi connectivity index (χ2v) is 6.03. The standard InChI is InChI=1S/C15H19NO8/c1-4-6-8(11(19)13(21)12(20)9(6)17)16-15(22)7(4)10(18)14-5(2)23-3-24-14/h6,8-9,11-13,17-21H,1,3H2,2H3,(H,16,22)/b10-7-/t6-,8-,9-,11+,12+,13+/m1/s1. The van der Waals surface area contributed by atoms with E-state index in [0.29, 0.717) is 0 Å². The lowest BCUT2D eigenvalue weighted by atomic mass is 9.69. The van der Waals surface area contributed by atoms with Gasteiger partial charge < -0.3 is 40.3 Å². The minimum Gasteiger partial charge on any atom is -0.504 e. The number of fused-ring (bicyclic) bond motifs is 1. The van der Waals surface area contributed by atoms with E-state index in [-0.39, 0.29) is 29.5 Å². The maximum absolute atomic E-state index is 12.4. The summed E-state index contributed by atoms with van der Waals surface area (Å²) in [4.78, 5) is 12.4. The van der Waals surface area contributed by atoms with Gasteiger partial charge in [-0.05, 0) is 12.5 Å². The number of piperidine rings is 1. The van der Waals surface area contributed by atoms with E-state index < -0.39 is 48.0 Å². The lowest BCUT2D eigenvalue weighted by molar-refractivity contribution is -0.168. The fourth-order valence-electron chi connectivity index (χ4n) is 3.34. The summed E-state index contributed by atoms with van der Waals surface area (Å²) in [7, 11) is 0. The van der Waals surface area contributed by atoms with Crippen molar-refractivity contribution in [2.45, 2.75) is 37.4 Å². The van der Waals surface area contributed by atoms with Crippen LogP contribution in [0.15, 0.2) is 35.0 Å². The van der Waals surface area contributed by atoms with Crippen LogP contribution in [0.3, 0.4) is 0 Å². The van der Waals surface area contributed by atoms with Gasteiger partial charge in [0.15, 0.2) is 5.76 Å². The van der Waals surface area contributed by atoms with E-state index in [9.17, 15) is 30.3 Å². The zero-order valence-corrected chi connectivity index (χ0v) is 12.8. The van der Waals surface area contributed by atoms with Crippen LogP contribution in [0.25, 0.3) is 0 Å². The lowest BCUT2D eigenvalue weighted by Gasteiger charge is -2.47. The zero-order valence-electron chi connectivity index (χ0n) is 12.8. The first-order chi connectivity index (χ1) is 11.3. The van der Waals surface area contributed by atoms with E-state index in [0.717, 1.165) is 0 Å². The van der Waals surface area contributed by atoms with E-state index in [2.05, 4.69) is 11.9 Å². The molecule has 3 rings (SSSR count). The Morgan fingerprint density at radius 1 is 1.12 bits per heavy atom. The van der Waals surface area contributed by atoms with Crippen molar-refractivity contribution in [1.82, 2.24) is 5.32 Å². The van der Waals surface area contributed by atoms with Gasteiger partial charge in [0.2, 0.25) is 12.6 Å². The molecule has 9 nitrogen and oxygen atoms in total. The molecule has 1 amide bonds. The number of carbonyl (C=O) groups is 1. The summed E-state index contributed by atoms with van der Waals surface area (Å²) in [5.74, 6) is -1.98. The number of hydrogen-bond acceptors (Lipinski definition) is 8. The molecule has 0 bridgehead atoms. The van der Waals surface area contributed by atoms with Crippen molar-refractivity contribution in [2.24, 2.45) is 5.92 Å². The molecule has 6 N–H and O–H groups in total. The predicted octanol–water partition coefficient (Wildman–Crippen LogP) is -1.84. The summed E-state index contributed by atoms with van der Waals surface area (Å²) in [6.45, 7) is 5.17. The Labute approximate surface area is 137 Å². The van der Waals surface area contributed by atoms with E-state index in [1.54, 1.807) is 6.92 Å². The smallest absolute Gasteiger partial charge is 0.255 e. The molecule has 3 aliphatic rings. The Balaban J connectivity index is 2.03. The molecule has 2 fully saturated rings. The molecule has 1 saturated heterocycles. The highest BCUT2D eigenvalue weighted by Crippen LogP contribution is 2.39. The lowest BCUT2D eigenvalue weighted by Crippen LogP contribution is -2.68. The molecule has 0 radical (unpaired) electrons. The molecule has 1 aliphatic carbocycles. The molecular formula is C15H19NO8. The van der Waals surface area contributed by atoms with Crippen LogP contribution < -0.4 is 5.32 Å².